The number of nitrogens with zero attached hydrogens (tertiary/aromatic N) is 1. The van der Waals surface area contributed by atoms with Crippen molar-refractivity contribution in [2.75, 3.05) is 13.1 Å². The van der Waals surface area contributed by atoms with Crippen molar-refractivity contribution in [2.45, 2.75) is 44.0 Å². The second-order valence-electron chi connectivity index (χ2n) is 6.27. The molecule has 2 aliphatic rings. The maximum atomic E-state index is 13.0. The molecule has 0 spiro atoms. The third-order valence-electron chi connectivity index (χ3n) is 5.06. The summed E-state index contributed by atoms with van der Waals surface area (Å²) in [4.78, 5) is 0.466. The summed E-state index contributed by atoms with van der Waals surface area (Å²) in [5.74, 6) is 1.14. The molecule has 1 saturated heterocycles. The first-order valence-corrected chi connectivity index (χ1v) is 9.32. The van der Waals surface area contributed by atoms with Crippen LogP contribution in [0.2, 0.25) is 0 Å². The molecule has 0 aromatic heterocycles. The summed E-state index contributed by atoms with van der Waals surface area (Å²) < 4.78 is 27.7. The van der Waals surface area contributed by atoms with E-state index in [4.69, 9.17) is 5.73 Å². The molecule has 2 fully saturated rings. The number of fused-ring (bicyclic) bond motifs is 1. The maximum absolute atomic E-state index is 13.0. The number of benzene rings is 1. The third kappa shape index (κ3) is 2.62. The zero-order chi connectivity index (χ0) is 15.0. The van der Waals surface area contributed by atoms with E-state index in [1.165, 1.54) is 19.3 Å². The van der Waals surface area contributed by atoms with Gasteiger partial charge in [-0.15, -0.1) is 0 Å². The van der Waals surface area contributed by atoms with Crippen LogP contribution >= 0.6 is 0 Å². The highest BCUT2D eigenvalue weighted by molar-refractivity contribution is 7.89. The minimum Gasteiger partial charge on any atom is -0.326 e. The first-order chi connectivity index (χ1) is 10.1. The van der Waals surface area contributed by atoms with E-state index in [1.54, 1.807) is 10.4 Å². The molecular formula is C16H24N2O2S. The SMILES string of the molecule is CCc1ccc(CN)cc1S(=O)(=O)N1CC2CCCC2C1. The van der Waals surface area contributed by atoms with E-state index in [0.717, 1.165) is 17.5 Å². The number of hydrogen-bond acceptors (Lipinski definition) is 3. The van der Waals surface area contributed by atoms with E-state index in [9.17, 15) is 8.42 Å². The molecule has 0 bridgehead atoms. The molecule has 1 aromatic carbocycles. The standard InChI is InChI=1S/C16H24N2O2S/c1-2-13-7-6-12(9-17)8-16(13)21(19,20)18-10-14-4-3-5-15(14)11-18/h6-8,14-15H,2-5,9-11,17H2,1H3. The summed E-state index contributed by atoms with van der Waals surface area (Å²) in [7, 11) is -3.38. The summed E-state index contributed by atoms with van der Waals surface area (Å²) in [6.45, 7) is 3.76. The fourth-order valence-corrected chi connectivity index (χ4v) is 5.68. The molecule has 3 rings (SSSR count). The Kier molecular flexibility index (Phi) is 4.08. The van der Waals surface area contributed by atoms with Gasteiger partial charge in [0.15, 0.2) is 0 Å². The highest BCUT2D eigenvalue weighted by Crippen LogP contribution is 2.40. The van der Waals surface area contributed by atoms with Gasteiger partial charge in [-0.3, -0.25) is 0 Å². The first-order valence-electron chi connectivity index (χ1n) is 7.88. The van der Waals surface area contributed by atoms with Crippen LogP contribution in [0.25, 0.3) is 0 Å². The number of rotatable bonds is 4. The molecule has 21 heavy (non-hydrogen) atoms. The van der Waals surface area contributed by atoms with Gasteiger partial charge < -0.3 is 5.73 Å². The lowest BCUT2D eigenvalue weighted by molar-refractivity contribution is 0.445. The first kappa shape index (κ1) is 15.0. The van der Waals surface area contributed by atoms with E-state index in [1.807, 2.05) is 19.1 Å². The number of nitrogens with two attached hydrogens (primary N) is 1. The maximum Gasteiger partial charge on any atom is 0.243 e. The van der Waals surface area contributed by atoms with Crippen LogP contribution in [0, 0.1) is 11.8 Å². The Morgan fingerprint density at radius 2 is 1.90 bits per heavy atom. The van der Waals surface area contributed by atoms with Crippen molar-refractivity contribution >= 4 is 10.0 Å². The fraction of sp³-hybridized carbons (Fsp3) is 0.625. The van der Waals surface area contributed by atoms with E-state index in [-0.39, 0.29) is 0 Å². The Morgan fingerprint density at radius 1 is 1.24 bits per heavy atom. The van der Waals surface area contributed by atoms with Crippen molar-refractivity contribution in [3.05, 3.63) is 29.3 Å². The van der Waals surface area contributed by atoms with Crippen molar-refractivity contribution < 1.29 is 8.42 Å². The highest BCUT2D eigenvalue weighted by Gasteiger charge is 2.41. The van der Waals surface area contributed by atoms with Crippen molar-refractivity contribution in [1.29, 1.82) is 0 Å². The Morgan fingerprint density at radius 3 is 2.48 bits per heavy atom. The van der Waals surface area contributed by atoms with Gasteiger partial charge in [-0.05, 0) is 48.3 Å². The lowest BCUT2D eigenvalue weighted by atomic mass is 10.0. The molecule has 4 nitrogen and oxygen atoms in total. The van der Waals surface area contributed by atoms with Gasteiger partial charge in [0.1, 0.15) is 0 Å². The Balaban J connectivity index is 1.94. The predicted octanol–water partition coefficient (Wildman–Crippen LogP) is 2.13. The van der Waals surface area contributed by atoms with Gasteiger partial charge in [-0.1, -0.05) is 25.5 Å². The van der Waals surface area contributed by atoms with Crippen LogP contribution in [0.3, 0.4) is 0 Å². The molecule has 1 aliphatic carbocycles. The minimum absolute atomic E-state index is 0.373. The summed E-state index contributed by atoms with van der Waals surface area (Å²) in [6, 6.07) is 5.60. The molecule has 116 valence electrons. The van der Waals surface area contributed by atoms with Crippen molar-refractivity contribution in [1.82, 2.24) is 4.31 Å². The van der Waals surface area contributed by atoms with E-state index in [0.29, 0.717) is 36.4 Å². The fourth-order valence-electron chi connectivity index (χ4n) is 3.79. The molecule has 0 amide bonds. The molecule has 0 radical (unpaired) electrons. The normalized spacial score (nSPS) is 26.2. The van der Waals surface area contributed by atoms with Gasteiger partial charge in [0, 0.05) is 19.6 Å². The van der Waals surface area contributed by atoms with Gasteiger partial charge in [-0.2, -0.15) is 4.31 Å². The quantitative estimate of drug-likeness (QED) is 0.927. The molecule has 2 N–H and O–H groups in total. The Hall–Kier alpha value is -0.910. The van der Waals surface area contributed by atoms with Gasteiger partial charge in [0.05, 0.1) is 4.90 Å². The topological polar surface area (TPSA) is 63.4 Å². The molecule has 1 aromatic rings. The van der Waals surface area contributed by atoms with E-state index >= 15 is 0 Å². The summed E-state index contributed by atoms with van der Waals surface area (Å²) in [5, 5.41) is 0. The van der Waals surface area contributed by atoms with Crippen LogP contribution in [0.1, 0.15) is 37.3 Å². The molecule has 1 heterocycles. The largest absolute Gasteiger partial charge is 0.326 e. The van der Waals surface area contributed by atoms with Crippen LogP contribution in [-0.4, -0.2) is 25.8 Å². The molecular weight excluding hydrogens is 284 g/mol. The van der Waals surface area contributed by atoms with Gasteiger partial charge in [0.2, 0.25) is 10.0 Å². The molecule has 2 unspecified atom stereocenters. The van der Waals surface area contributed by atoms with Crippen LogP contribution in [-0.2, 0) is 23.0 Å². The van der Waals surface area contributed by atoms with E-state index in [2.05, 4.69) is 0 Å². The smallest absolute Gasteiger partial charge is 0.243 e. The molecule has 1 aliphatic heterocycles. The summed E-state index contributed by atoms with van der Waals surface area (Å²) in [5.41, 5.74) is 7.45. The number of aryl methyl sites for hydroxylation is 1. The minimum atomic E-state index is -3.38. The van der Waals surface area contributed by atoms with Crippen LogP contribution < -0.4 is 5.73 Å². The average molecular weight is 308 g/mol. The average Bonchev–Trinajstić information content (AvgIpc) is 3.08. The van der Waals surface area contributed by atoms with E-state index < -0.39 is 10.0 Å². The molecule has 2 atom stereocenters. The number of hydrogen-bond donors (Lipinski definition) is 1. The number of sulfonamides is 1. The highest BCUT2D eigenvalue weighted by atomic mass is 32.2. The summed E-state index contributed by atoms with van der Waals surface area (Å²) in [6.07, 6.45) is 4.34. The molecule has 1 saturated carbocycles. The van der Waals surface area contributed by atoms with Crippen molar-refractivity contribution in [3.8, 4) is 0 Å². The predicted molar refractivity (Wildman–Crippen MR) is 83.3 cm³/mol. The second-order valence-corrected chi connectivity index (χ2v) is 8.18. The zero-order valence-electron chi connectivity index (χ0n) is 12.6. The monoisotopic (exact) mass is 308 g/mol. The lowest BCUT2D eigenvalue weighted by Crippen LogP contribution is -2.30. The van der Waals surface area contributed by atoms with Gasteiger partial charge in [-0.25, -0.2) is 8.42 Å². The van der Waals surface area contributed by atoms with Crippen LogP contribution in [0.15, 0.2) is 23.1 Å². The van der Waals surface area contributed by atoms with Gasteiger partial charge in [0.25, 0.3) is 0 Å². The summed E-state index contributed by atoms with van der Waals surface area (Å²) >= 11 is 0. The van der Waals surface area contributed by atoms with Crippen LogP contribution in [0.5, 0.6) is 0 Å². The second kappa shape index (κ2) is 5.71. The lowest BCUT2D eigenvalue weighted by Gasteiger charge is -2.20. The van der Waals surface area contributed by atoms with Crippen molar-refractivity contribution in [3.63, 3.8) is 0 Å². The molecule has 5 heteroatoms. The Labute approximate surface area is 127 Å². The van der Waals surface area contributed by atoms with Crippen molar-refractivity contribution in [2.24, 2.45) is 17.6 Å². The third-order valence-corrected chi connectivity index (χ3v) is 6.97. The zero-order valence-corrected chi connectivity index (χ0v) is 13.4. The Bertz CT molecular complexity index is 615. The van der Waals surface area contributed by atoms with Crippen LogP contribution in [0.4, 0.5) is 0 Å². The van der Waals surface area contributed by atoms with Gasteiger partial charge >= 0.3 is 0 Å².